The normalized spacial score (nSPS) is 11.0. The van der Waals surface area contributed by atoms with Crippen molar-refractivity contribution in [3.05, 3.63) is 0 Å². The predicted molar refractivity (Wildman–Crippen MR) is 42.6 cm³/mol. The maximum Gasteiger partial charge on any atom is 0.260 e. The average Bonchev–Trinajstić information content (AvgIpc) is 1.84. The van der Waals surface area contributed by atoms with Crippen LogP contribution in [-0.2, 0) is 0 Å². The van der Waals surface area contributed by atoms with E-state index in [1.54, 1.807) is 0 Å². The summed E-state index contributed by atoms with van der Waals surface area (Å²) in [6, 6.07) is 0. The topological polar surface area (TPSA) is 0 Å². The highest BCUT2D eigenvalue weighted by Gasteiger charge is 2.26. The van der Waals surface area contributed by atoms with E-state index in [0.717, 1.165) is 0 Å². The monoisotopic (exact) mass is 228 g/mol. The van der Waals surface area contributed by atoms with Gasteiger partial charge in [0.2, 0.25) is 0 Å². The fourth-order valence-electron chi connectivity index (χ4n) is 0.110. The van der Waals surface area contributed by atoms with Crippen LogP contribution in [0.25, 0.3) is 0 Å². The number of hydrogen-bond acceptors (Lipinski definition) is 0. The van der Waals surface area contributed by atoms with Crippen molar-refractivity contribution in [2.75, 3.05) is 0 Å². The highest BCUT2D eigenvalue weighted by atomic mass is 35.5. The molecule has 0 aliphatic carbocycles. The molecule has 0 aromatic carbocycles. The van der Waals surface area contributed by atoms with Crippen molar-refractivity contribution in [3.8, 4) is 0 Å². The van der Waals surface area contributed by atoms with E-state index in [4.69, 9.17) is 11.6 Å². The molecule has 0 fully saturated rings. The van der Waals surface area contributed by atoms with E-state index in [1.165, 1.54) is 0 Å². The molecule has 0 rings (SSSR count). The molecule has 0 aromatic rings. The predicted octanol–water partition coefficient (Wildman–Crippen LogP) is 3.76. The zero-order valence-electron chi connectivity index (χ0n) is 6.58. The van der Waals surface area contributed by atoms with Gasteiger partial charge in [-0.1, -0.05) is 0 Å². The number of halogens is 6. The first-order chi connectivity index (χ1) is 5.29. The van der Waals surface area contributed by atoms with Crippen LogP contribution in [0.1, 0.15) is 13.8 Å². The summed E-state index contributed by atoms with van der Waals surface area (Å²) in [6.45, 7) is 3.86. The second kappa shape index (κ2) is 7.92. The minimum atomic E-state index is -3.14. The number of rotatable bonds is 2. The minimum absolute atomic E-state index is 0.306. The van der Waals surface area contributed by atoms with E-state index in [9.17, 15) is 17.6 Å². The summed E-state index contributed by atoms with van der Waals surface area (Å²) >= 11 is 9.73. The van der Waals surface area contributed by atoms with Crippen LogP contribution in [0, 0.1) is 0 Å². The molecule has 76 valence electrons. The Morgan fingerprint density at radius 2 is 1.00 bits per heavy atom. The van der Waals surface area contributed by atoms with Crippen molar-refractivity contribution in [1.29, 1.82) is 0 Å². The lowest BCUT2D eigenvalue weighted by Gasteiger charge is -2.03. The third kappa shape index (κ3) is 12.9. The Hall–Kier alpha value is 0.300. The molecule has 0 unspecified atom stereocenters. The van der Waals surface area contributed by atoms with Gasteiger partial charge in [0.25, 0.3) is 12.9 Å². The highest BCUT2D eigenvalue weighted by Crippen LogP contribution is 2.15. The van der Waals surface area contributed by atoms with E-state index >= 15 is 0 Å². The molecule has 0 aromatic heterocycles. The molecular formula is C6H10Cl2F4. The maximum absolute atomic E-state index is 11.1. The molecule has 0 bridgehead atoms. The fraction of sp³-hybridized carbons (Fsp3) is 1.00. The smallest absolute Gasteiger partial charge is 0.209 e. The zero-order chi connectivity index (χ0) is 10.3. The first-order valence-electron chi connectivity index (χ1n) is 3.13. The van der Waals surface area contributed by atoms with Gasteiger partial charge >= 0.3 is 0 Å². The van der Waals surface area contributed by atoms with Crippen molar-refractivity contribution in [2.24, 2.45) is 0 Å². The molecule has 0 heterocycles. The Kier molecular flexibility index (Phi) is 9.78. The molecule has 0 saturated carbocycles. The molecule has 0 spiro atoms. The van der Waals surface area contributed by atoms with Gasteiger partial charge in [-0.3, -0.25) is 0 Å². The average molecular weight is 229 g/mol. The Balaban J connectivity index is 0. The second-order valence-electron chi connectivity index (χ2n) is 2.13. The molecule has 0 aliphatic heterocycles. The van der Waals surface area contributed by atoms with Gasteiger partial charge in [-0.25, -0.2) is 17.6 Å². The first kappa shape index (κ1) is 14.8. The molecule has 0 amide bonds. The molecule has 0 N–H and O–H groups in total. The van der Waals surface area contributed by atoms with Gasteiger partial charge in [0.1, 0.15) is 0 Å². The maximum atomic E-state index is 11.1. The van der Waals surface area contributed by atoms with Crippen molar-refractivity contribution >= 4 is 23.2 Å². The van der Waals surface area contributed by atoms with Crippen LogP contribution in [0.2, 0.25) is 0 Å². The summed E-state index contributed by atoms with van der Waals surface area (Å²) in [5.41, 5.74) is 0. The summed E-state index contributed by atoms with van der Waals surface area (Å²) in [7, 11) is 0. The molecule has 0 radical (unpaired) electrons. The van der Waals surface area contributed by atoms with E-state index in [2.05, 4.69) is 11.6 Å². The summed E-state index contributed by atoms with van der Waals surface area (Å²) in [4.78, 5) is 0. The largest absolute Gasteiger partial charge is 0.260 e. The lowest BCUT2D eigenvalue weighted by atomic mass is 10.5. The molecular weight excluding hydrogens is 219 g/mol. The molecule has 12 heavy (non-hydrogen) atoms. The van der Waals surface area contributed by atoms with Gasteiger partial charge in [0.05, 0.1) is 0 Å². The van der Waals surface area contributed by atoms with Crippen LogP contribution >= 0.6 is 23.2 Å². The van der Waals surface area contributed by atoms with Gasteiger partial charge in [0.15, 0.2) is 5.38 Å². The van der Waals surface area contributed by atoms with Gasteiger partial charge < -0.3 is 0 Å². The van der Waals surface area contributed by atoms with Gasteiger partial charge in [0, 0.05) is 5.38 Å². The van der Waals surface area contributed by atoms with Crippen LogP contribution < -0.4 is 0 Å². The van der Waals surface area contributed by atoms with Crippen molar-refractivity contribution < 1.29 is 17.6 Å². The van der Waals surface area contributed by atoms with Crippen molar-refractivity contribution in [2.45, 2.75) is 37.5 Å². The Labute approximate surface area is 78.8 Å². The molecule has 0 atom stereocenters. The van der Waals surface area contributed by atoms with Crippen LogP contribution in [0.4, 0.5) is 17.6 Å². The third-order valence-corrected chi connectivity index (χ3v) is 0.862. The molecule has 6 heteroatoms. The van der Waals surface area contributed by atoms with E-state index in [1.807, 2.05) is 13.8 Å². The number of alkyl halides is 6. The summed E-state index contributed by atoms with van der Waals surface area (Å²) in [6.07, 6.45) is -6.28. The SMILES string of the molecule is CC(C)Cl.FC(F)C(Cl)C(F)F. The fourth-order valence-corrected chi connectivity index (χ4v) is 0.110. The summed E-state index contributed by atoms with van der Waals surface area (Å²) < 4.78 is 44.3. The lowest BCUT2D eigenvalue weighted by molar-refractivity contribution is 0.0496. The summed E-state index contributed by atoms with van der Waals surface area (Å²) in [5.74, 6) is 0. The van der Waals surface area contributed by atoms with Crippen molar-refractivity contribution in [1.82, 2.24) is 0 Å². The van der Waals surface area contributed by atoms with Crippen molar-refractivity contribution in [3.63, 3.8) is 0 Å². The van der Waals surface area contributed by atoms with E-state index in [0.29, 0.717) is 5.38 Å². The third-order valence-electron chi connectivity index (χ3n) is 0.481. The first-order valence-corrected chi connectivity index (χ1v) is 4.00. The number of hydrogen-bond donors (Lipinski definition) is 0. The molecule has 0 aliphatic rings. The molecule has 0 saturated heterocycles. The van der Waals surface area contributed by atoms with Gasteiger partial charge in [-0.05, 0) is 13.8 Å². The Morgan fingerprint density at radius 3 is 1.00 bits per heavy atom. The Morgan fingerprint density at radius 1 is 0.833 bits per heavy atom. The van der Waals surface area contributed by atoms with Crippen LogP contribution in [0.5, 0.6) is 0 Å². The van der Waals surface area contributed by atoms with E-state index < -0.39 is 18.2 Å². The van der Waals surface area contributed by atoms with Crippen LogP contribution in [0.15, 0.2) is 0 Å². The van der Waals surface area contributed by atoms with Crippen LogP contribution in [-0.4, -0.2) is 23.6 Å². The zero-order valence-corrected chi connectivity index (χ0v) is 8.09. The van der Waals surface area contributed by atoms with Crippen LogP contribution in [0.3, 0.4) is 0 Å². The quantitative estimate of drug-likeness (QED) is 0.499. The Bertz CT molecular complexity index is 86.8. The second-order valence-corrected chi connectivity index (χ2v) is 3.50. The van der Waals surface area contributed by atoms with Gasteiger partial charge in [-0.2, -0.15) is 0 Å². The van der Waals surface area contributed by atoms with Gasteiger partial charge in [-0.15, -0.1) is 23.2 Å². The standard InChI is InChI=1S/C3H3ClF4.C3H7Cl/c4-1(2(5)6)3(7)8;1-3(2)4/h1-3H;3H,1-2H3. The lowest BCUT2D eigenvalue weighted by Crippen LogP contribution is -2.19. The highest BCUT2D eigenvalue weighted by molar-refractivity contribution is 6.21. The van der Waals surface area contributed by atoms with E-state index in [-0.39, 0.29) is 0 Å². The molecule has 0 nitrogen and oxygen atoms in total. The minimum Gasteiger partial charge on any atom is -0.209 e. The summed E-state index contributed by atoms with van der Waals surface area (Å²) in [5, 5.41) is -2.02.